The van der Waals surface area contributed by atoms with Crippen LogP contribution in [-0.2, 0) is 20.9 Å². The number of allylic oxidation sites excluding steroid dienone is 4. The lowest BCUT2D eigenvalue weighted by molar-refractivity contribution is -0.161. The monoisotopic (exact) mass is 478 g/mol. The maximum absolute atomic E-state index is 13.5. The van der Waals surface area contributed by atoms with E-state index in [1.165, 1.54) is 11.1 Å². The van der Waals surface area contributed by atoms with Gasteiger partial charge in [-0.25, -0.2) is 0 Å². The van der Waals surface area contributed by atoms with E-state index in [9.17, 15) is 4.79 Å². The van der Waals surface area contributed by atoms with E-state index in [1.807, 2.05) is 54.6 Å². The fourth-order valence-corrected chi connectivity index (χ4v) is 4.24. The molecule has 1 aliphatic rings. The number of ether oxygens (including phenoxy) is 4. The van der Waals surface area contributed by atoms with Gasteiger partial charge >= 0.3 is 5.97 Å². The van der Waals surface area contributed by atoms with Crippen molar-refractivity contribution in [3.05, 3.63) is 83.5 Å². The first-order valence-electron chi connectivity index (χ1n) is 12.1. The first-order valence-corrected chi connectivity index (χ1v) is 12.1. The van der Waals surface area contributed by atoms with Crippen LogP contribution in [0.15, 0.2) is 77.9 Å². The SMILES string of the molecule is COc1ccc(OCC2(COCc3ccccc3)CC(CC=C(C)C)(CC=C(C)C)C(=O)O2)cc1. The van der Waals surface area contributed by atoms with E-state index in [4.69, 9.17) is 18.9 Å². The Labute approximate surface area is 209 Å². The number of benzene rings is 2. The van der Waals surface area contributed by atoms with Gasteiger partial charge in [0.15, 0.2) is 5.60 Å². The Hall–Kier alpha value is -3.05. The summed E-state index contributed by atoms with van der Waals surface area (Å²) in [6.45, 7) is 9.13. The highest BCUT2D eigenvalue weighted by Gasteiger charge is 2.56. The lowest BCUT2D eigenvalue weighted by Gasteiger charge is -2.29. The highest BCUT2D eigenvalue weighted by atomic mass is 16.6. The average molecular weight is 479 g/mol. The summed E-state index contributed by atoms with van der Waals surface area (Å²) in [5.74, 6) is 1.26. The zero-order valence-corrected chi connectivity index (χ0v) is 21.6. The lowest BCUT2D eigenvalue weighted by atomic mass is 9.74. The molecule has 1 saturated heterocycles. The van der Waals surface area contributed by atoms with E-state index < -0.39 is 11.0 Å². The van der Waals surface area contributed by atoms with Gasteiger partial charge in [-0.2, -0.15) is 0 Å². The molecule has 0 radical (unpaired) electrons. The molecule has 5 nitrogen and oxygen atoms in total. The molecular formula is C30H38O5. The molecule has 35 heavy (non-hydrogen) atoms. The van der Waals surface area contributed by atoms with E-state index in [-0.39, 0.29) is 19.2 Å². The maximum Gasteiger partial charge on any atom is 0.313 e. The second-order valence-electron chi connectivity index (χ2n) is 9.94. The zero-order chi connectivity index (χ0) is 25.3. The molecule has 1 unspecified atom stereocenters. The Morgan fingerprint density at radius 3 is 2.06 bits per heavy atom. The van der Waals surface area contributed by atoms with Gasteiger partial charge in [-0.15, -0.1) is 0 Å². The van der Waals surface area contributed by atoms with Crippen molar-refractivity contribution in [1.29, 1.82) is 0 Å². The Balaban J connectivity index is 1.83. The smallest absolute Gasteiger partial charge is 0.313 e. The van der Waals surface area contributed by atoms with Crippen molar-refractivity contribution in [2.75, 3.05) is 20.3 Å². The van der Waals surface area contributed by atoms with Gasteiger partial charge in [0.25, 0.3) is 0 Å². The van der Waals surface area contributed by atoms with Crippen LogP contribution < -0.4 is 9.47 Å². The van der Waals surface area contributed by atoms with Crippen molar-refractivity contribution >= 4 is 5.97 Å². The summed E-state index contributed by atoms with van der Waals surface area (Å²) >= 11 is 0. The van der Waals surface area contributed by atoms with Crippen molar-refractivity contribution < 1.29 is 23.7 Å². The quantitative estimate of drug-likeness (QED) is 0.252. The zero-order valence-electron chi connectivity index (χ0n) is 21.6. The van der Waals surface area contributed by atoms with E-state index in [2.05, 4.69) is 39.8 Å². The normalized spacial score (nSPS) is 18.5. The number of esters is 1. The third kappa shape index (κ3) is 7.46. The summed E-state index contributed by atoms with van der Waals surface area (Å²) in [6, 6.07) is 17.4. The molecule has 1 heterocycles. The van der Waals surface area contributed by atoms with E-state index in [0.717, 1.165) is 11.3 Å². The van der Waals surface area contributed by atoms with Gasteiger partial charge in [-0.3, -0.25) is 4.79 Å². The van der Waals surface area contributed by atoms with Crippen LogP contribution in [0.25, 0.3) is 0 Å². The molecule has 0 bridgehead atoms. The van der Waals surface area contributed by atoms with Crippen LogP contribution in [0.3, 0.4) is 0 Å². The number of rotatable bonds is 12. The van der Waals surface area contributed by atoms with Crippen molar-refractivity contribution in [2.24, 2.45) is 5.41 Å². The van der Waals surface area contributed by atoms with Crippen LogP contribution in [0, 0.1) is 5.41 Å². The molecule has 188 valence electrons. The molecule has 0 amide bonds. The Kier molecular flexibility index (Phi) is 9.16. The van der Waals surface area contributed by atoms with Gasteiger partial charge in [0.1, 0.15) is 18.1 Å². The number of hydrogen-bond donors (Lipinski definition) is 0. The molecule has 0 aromatic heterocycles. The van der Waals surface area contributed by atoms with Crippen LogP contribution in [0.1, 0.15) is 52.5 Å². The first kappa shape index (κ1) is 26.6. The highest BCUT2D eigenvalue weighted by molar-refractivity contribution is 5.80. The van der Waals surface area contributed by atoms with Crippen molar-refractivity contribution in [3.8, 4) is 11.5 Å². The van der Waals surface area contributed by atoms with Gasteiger partial charge in [0, 0.05) is 6.42 Å². The lowest BCUT2D eigenvalue weighted by Crippen LogP contribution is -2.41. The Morgan fingerprint density at radius 1 is 0.886 bits per heavy atom. The second kappa shape index (κ2) is 12.1. The van der Waals surface area contributed by atoms with Gasteiger partial charge in [-0.05, 0) is 70.4 Å². The largest absolute Gasteiger partial charge is 0.497 e. The molecule has 0 spiro atoms. The van der Waals surface area contributed by atoms with Gasteiger partial charge < -0.3 is 18.9 Å². The summed E-state index contributed by atoms with van der Waals surface area (Å²) in [5.41, 5.74) is 1.91. The minimum absolute atomic E-state index is 0.186. The number of methoxy groups -OCH3 is 1. The maximum atomic E-state index is 13.5. The summed E-state index contributed by atoms with van der Waals surface area (Å²) in [7, 11) is 1.63. The molecule has 3 rings (SSSR count). The highest BCUT2D eigenvalue weighted by Crippen LogP contribution is 2.47. The molecular weight excluding hydrogens is 440 g/mol. The Bertz CT molecular complexity index is 994. The minimum Gasteiger partial charge on any atom is -0.497 e. The molecule has 0 saturated carbocycles. The van der Waals surface area contributed by atoms with Crippen LogP contribution >= 0.6 is 0 Å². The number of carbonyl (C=O) groups excluding carboxylic acids is 1. The fourth-order valence-electron chi connectivity index (χ4n) is 4.24. The third-order valence-electron chi connectivity index (χ3n) is 6.24. The van der Waals surface area contributed by atoms with E-state index >= 15 is 0 Å². The van der Waals surface area contributed by atoms with E-state index in [0.29, 0.717) is 31.6 Å². The minimum atomic E-state index is -0.878. The molecule has 5 heteroatoms. The van der Waals surface area contributed by atoms with Crippen molar-refractivity contribution in [3.63, 3.8) is 0 Å². The number of hydrogen-bond acceptors (Lipinski definition) is 5. The third-order valence-corrected chi connectivity index (χ3v) is 6.24. The molecule has 0 aliphatic carbocycles. The predicted molar refractivity (Wildman–Crippen MR) is 139 cm³/mol. The van der Waals surface area contributed by atoms with Crippen LogP contribution in [0.4, 0.5) is 0 Å². The fraction of sp³-hybridized carbons (Fsp3) is 0.433. The van der Waals surface area contributed by atoms with Gasteiger partial charge in [0.2, 0.25) is 0 Å². The van der Waals surface area contributed by atoms with E-state index in [1.54, 1.807) is 7.11 Å². The van der Waals surface area contributed by atoms with Crippen LogP contribution in [-0.4, -0.2) is 31.9 Å². The standard InChI is InChI=1S/C30H38O5/c1-23(2)15-17-29(18-16-24(3)4)20-30(35-28(29)31,21-33-19-25-9-7-6-8-10-25)22-34-27-13-11-26(32-5)12-14-27/h6-16H,17-22H2,1-5H3. The van der Waals surface area contributed by atoms with Crippen molar-refractivity contribution in [2.45, 2.75) is 59.2 Å². The molecule has 1 fully saturated rings. The topological polar surface area (TPSA) is 54.0 Å². The molecule has 2 aromatic carbocycles. The predicted octanol–water partition coefficient (Wildman–Crippen LogP) is 6.68. The molecule has 1 aliphatic heterocycles. The van der Waals surface area contributed by atoms with Crippen LogP contribution in [0.5, 0.6) is 11.5 Å². The first-order chi connectivity index (χ1) is 16.8. The average Bonchev–Trinajstić information content (AvgIpc) is 3.13. The molecule has 1 atom stereocenters. The number of cyclic esters (lactones) is 1. The summed E-state index contributed by atoms with van der Waals surface area (Å²) in [5, 5.41) is 0. The summed E-state index contributed by atoms with van der Waals surface area (Å²) in [6.07, 6.45) is 6.04. The molecule has 0 N–H and O–H groups in total. The summed E-state index contributed by atoms with van der Waals surface area (Å²) < 4.78 is 23.7. The Morgan fingerprint density at radius 2 is 1.49 bits per heavy atom. The number of carbonyl (C=O) groups is 1. The van der Waals surface area contributed by atoms with Gasteiger partial charge in [0.05, 0.1) is 25.7 Å². The molecule has 2 aromatic rings. The van der Waals surface area contributed by atoms with Gasteiger partial charge in [-0.1, -0.05) is 53.6 Å². The van der Waals surface area contributed by atoms with Crippen LogP contribution in [0.2, 0.25) is 0 Å². The van der Waals surface area contributed by atoms with Crippen molar-refractivity contribution in [1.82, 2.24) is 0 Å². The second-order valence-corrected chi connectivity index (χ2v) is 9.94. The summed E-state index contributed by atoms with van der Waals surface area (Å²) in [4.78, 5) is 13.5.